The quantitative estimate of drug-likeness (QED) is 0.205. The molecule has 0 saturated heterocycles. The molecule has 0 spiro atoms. The third kappa shape index (κ3) is 10.4. The van der Waals surface area contributed by atoms with Gasteiger partial charge in [0.15, 0.2) is 11.9 Å². The largest absolute Gasteiger partial charge is 0.465 e. The lowest BCUT2D eigenvalue weighted by Gasteiger charge is -2.36. The lowest BCUT2D eigenvalue weighted by atomic mass is 9.71. The van der Waals surface area contributed by atoms with Crippen molar-refractivity contribution >= 4 is 17.7 Å². The Balaban J connectivity index is 1.92. The Morgan fingerprint density at radius 3 is 2.26 bits per heavy atom. The van der Waals surface area contributed by atoms with Crippen molar-refractivity contribution in [3.8, 4) is 0 Å². The maximum absolute atomic E-state index is 13.1. The second-order valence-electron chi connectivity index (χ2n) is 11.2. The predicted molar refractivity (Wildman–Crippen MR) is 153 cm³/mol. The van der Waals surface area contributed by atoms with E-state index < -0.39 is 12.1 Å². The minimum Gasteiger partial charge on any atom is -0.465 e. The lowest BCUT2D eigenvalue weighted by Crippen LogP contribution is -2.39. The molecule has 0 aromatic carbocycles. The molecule has 5 nitrogen and oxygen atoms in total. The van der Waals surface area contributed by atoms with Gasteiger partial charge in [-0.15, -0.1) is 0 Å². The van der Waals surface area contributed by atoms with Gasteiger partial charge in [-0.05, 0) is 63.0 Å². The van der Waals surface area contributed by atoms with Gasteiger partial charge in [0, 0.05) is 6.42 Å². The van der Waals surface area contributed by atoms with E-state index in [1.54, 1.807) is 6.92 Å². The second kappa shape index (κ2) is 15.5. The SMILES string of the molecule is CC=CC=C(C)C=CC=C(C)C=CC1=C(C)C(=O)C(OC(=O)CCC(=O)OCC2CCCCC2)CC1(C)C. The summed E-state index contributed by atoms with van der Waals surface area (Å²) in [5, 5.41) is 0. The van der Waals surface area contributed by atoms with Gasteiger partial charge in [0.05, 0.1) is 19.4 Å². The van der Waals surface area contributed by atoms with Gasteiger partial charge in [-0.3, -0.25) is 14.4 Å². The highest BCUT2D eigenvalue weighted by molar-refractivity contribution is 6.01. The summed E-state index contributed by atoms with van der Waals surface area (Å²) in [6, 6.07) is 0. The zero-order chi connectivity index (χ0) is 28.1. The summed E-state index contributed by atoms with van der Waals surface area (Å²) < 4.78 is 10.9. The summed E-state index contributed by atoms with van der Waals surface area (Å²) in [6.45, 7) is 12.4. The van der Waals surface area contributed by atoms with Gasteiger partial charge >= 0.3 is 11.9 Å². The number of Topliss-reactive ketones (excluding diaryl/α,β-unsaturated/α-hetero) is 1. The van der Waals surface area contributed by atoms with Crippen molar-refractivity contribution in [2.75, 3.05) is 6.61 Å². The maximum atomic E-state index is 13.1. The van der Waals surface area contributed by atoms with Crippen molar-refractivity contribution in [3.63, 3.8) is 0 Å². The van der Waals surface area contributed by atoms with Gasteiger partial charge < -0.3 is 9.47 Å². The first-order valence-corrected chi connectivity index (χ1v) is 14.0. The van der Waals surface area contributed by atoms with Gasteiger partial charge in [-0.25, -0.2) is 0 Å². The normalized spacial score (nSPS) is 21.6. The molecule has 1 saturated carbocycles. The zero-order valence-corrected chi connectivity index (χ0v) is 24.2. The molecule has 38 heavy (non-hydrogen) atoms. The molecule has 0 aliphatic heterocycles. The number of ether oxygens (including phenoxy) is 2. The van der Waals surface area contributed by atoms with Crippen LogP contribution < -0.4 is 0 Å². The Labute approximate surface area is 229 Å². The topological polar surface area (TPSA) is 69.7 Å². The van der Waals surface area contributed by atoms with Crippen molar-refractivity contribution in [1.29, 1.82) is 0 Å². The standard InChI is InChI=1S/C33H46O5/c1-7-8-13-24(2)14-12-15-25(3)18-19-28-26(4)32(36)29(22-33(28,5)6)38-31(35)21-20-30(34)37-23-27-16-10-9-11-17-27/h7-8,12-15,18-19,27,29H,9-11,16-17,20-23H2,1-6H3. The summed E-state index contributed by atoms with van der Waals surface area (Å²) in [5.74, 6) is -0.660. The fraction of sp³-hybridized carbons (Fsp3) is 0.545. The van der Waals surface area contributed by atoms with Gasteiger partial charge in [0.2, 0.25) is 0 Å². The van der Waals surface area contributed by atoms with Crippen LogP contribution in [-0.2, 0) is 23.9 Å². The summed E-state index contributed by atoms with van der Waals surface area (Å²) in [4.78, 5) is 37.6. The second-order valence-corrected chi connectivity index (χ2v) is 11.2. The highest BCUT2D eigenvalue weighted by Crippen LogP contribution is 2.41. The molecule has 208 valence electrons. The van der Waals surface area contributed by atoms with Crippen LogP contribution in [0.5, 0.6) is 0 Å². The van der Waals surface area contributed by atoms with E-state index in [-0.39, 0.29) is 30.0 Å². The van der Waals surface area contributed by atoms with Crippen LogP contribution in [0.2, 0.25) is 0 Å². The van der Waals surface area contributed by atoms with Gasteiger partial charge in [-0.1, -0.05) is 92.9 Å². The van der Waals surface area contributed by atoms with Gasteiger partial charge in [-0.2, -0.15) is 0 Å². The first-order chi connectivity index (χ1) is 18.0. The van der Waals surface area contributed by atoms with Crippen molar-refractivity contribution in [3.05, 3.63) is 70.9 Å². The van der Waals surface area contributed by atoms with E-state index in [1.807, 2.05) is 69.4 Å². The number of hydrogen-bond donors (Lipinski definition) is 0. The van der Waals surface area contributed by atoms with E-state index in [0.717, 1.165) is 29.6 Å². The molecule has 1 atom stereocenters. The van der Waals surface area contributed by atoms with E-state index in [4.69, 9.17) is 9.47 Å². The minimum atomic E-state index is -0.834. The first kappa shape index (κ1) is 31.3. The van der Waals surface area contributed by atoms with E-state index in [9.17, 15) is 14.4 Å². The number of ketones is 1. The van der Waals surface area contributed by atoms with Gasteiger partial charge in [0.1, 0.15) is 0 Å². The average Bonchev–Trinajstić information content (AvgIpc) is 2.88. The number of rotatable bonds is 11. The third-order valence-corrected chi connectivity index (χ3v) is 7.29. The van der Waals surface area contributed by atoms with Crippen molar-refractivity contribution in [1.82, 2.24) is 0 Å². The fourth-order valence-corrected chi connectivity index (χ4v) is 4.98. The third-order valence-electron chi connectivity index (χ3n) is 7.29. The number of esters is 2. The first-order valence-electron chi connectivity index (χ1n) is 14.0. The van der Waals surface area contributed by atoms with Crippen LogP contribution in [0.1, 0.15) is 92.9 Å². The predicted octanol–water partition coefficient (Wildman–Crippen LogP) is 7.70. The molecule has 0 amide bonds. The van der Waals surface area contributed by atoms with E-state index in [1.165, 1.54) is 19.3 Å². The monoisotopic (exact) mass is 522 g/mol. The molecule has 5 heteroatoms. The number of carbonyl (C=O) groups excluding carboxylic acids is 3. The lowest BCUT2D eigenvalue weighted by molar-refractivity contribution is -0.158. The maximum Gasteiger partial charge on any atom is 0.307 e. The summed E-state index contributed by atoms with van der Waals surface area (Å²) in [5.41, 5.74) is 3.43. The average molecular weight is 523 g/mol. The Hall–Kier alpha value is -2.95. The Morgan fingerprint density at radius 1 is 0.947 bits per heavy atom. The van der Waals surface area contributed by atoms with Crippen LogP contribution in [-0.4, -0.2) is 30.4 Å². The van der Waals surface area contributed by atoms with E-state index >= 15 is 0 Å². The highest BCUT2D eigenvalue weighted by atomic mass is 16.5. The summed E-state index contributed by atoms with van der Waals surface area (Å²) >= 11 is 0. The van der Waals surface area contributed by atoms with Crippen molar-refractivity contribution < 1.29 is 23.9 Å². The molecule has 0 radical (unpaired) electrons. The molecule has 1 unspecified atom stereocenters. The van der Waals surface area contributed by atoms with E-state index in [0.29, 0.717) is 24.5 Å². The minimum absolute atomic E-state index is 0.0245. The van der Waals surface area contributed by atoms with Crippen molar-refractivity contribution in [2.45, 2.75) is 99.0 Å². The van der Waals surface area contributed by atoms with E-state index in [2.05, 4.69) is 13.8 Å². The molecular formula is C33H46O5. The smallest absolute Gasteiger partial charge is 0.307 e. The molecule has 0 N–H and O–H groups in total. The summed E-state index contributed by atoms with van der Waals surface area (Å²) in [7, 11) is 0. The Morgan fingerprint density at radius 2 is 1.58 bits per heavy atom. The molecule has 2 rings (SSSR count). The molecule has 0 heterocycles. The van der Waals surface area contributed by atoms with Crippen LogP contribution in [0.25, 0.3) is 0 Å². The van der Waals surface area contributed by atoms with Crippen LogP contribution >= 0.6 is 0 Å². The molecule has 0 aromatic heterocycles. The van der Waals surface area contributed by atoms with Crippen LogP contribution in [0.3, 0.4) is 0 Å². The highest BCUT2D eigenvalue weighted by Gasteiger charge is 2.39. The number of hydrogen-bond acceptors (Lipinski definition) is 5. The molecule has 0 aromatic rings. The molecule has 1 fully saturated rings. The zero-order valence-electron chi connectivity index (χ0n) is 24.2. The van der Waals surface area contributed by atoms with Crippen LogP contribution in [0.15, 0.2) is 70.9 Å². The molecule has 2 aliphatic rings. The summed E-state index contributed by atoms with van der Waals surface area (Å²) in [6.07, 6.45) is 21.4. The Bertz CT molecular complexity index is 1030. The number of allylic oxidation sites excluding steroid dienone is 11. The fourth-order valence-electron chi connectivity index (χ4n) is 4.98. The molecular weight excluding hydrogens is 476 g/mol. The van der Waals surface area contributed by atoms with Crippen molar-refractivity contribution in [2.24, 2.45) is 11.3 Å². The Kier molecular flexibility index (Phi) is 12.7. The number of carbonyl (C=O) groups is 3. The van der Waals surface area contributed by atoms with Crippen LogP contribution in [0.4, 0.5) is 0 Å². The molecule has 0 bridgehead atoms. The van der Waals surface area contributed by atoms with Crippen LogP contribution in [0, 0.1) is 11.3 Å². The van der Waals surface area contributed by atoms with Gasteiger partial charge in [0.25, 0.3) is 0 Å². The molecule has 2 aliphatic carbocycles.